The maximum absolute atomic E-state index is 9.91. The summed E-state index contributed by atoms with van der Waals surface area (Å²) in [5, 5.41) is 14.3. The van der Waals surface area contributed by atoms with Crippen LogP contribution in [0.4, 0.5) is 0 Å². The van der Waals surface area contributed by atoms with Crippen LogP contribution in [-0.2, 0) is 20.0 Å². The third-order valence-corrected chi connectivity index (χ3v) is 3.47. The van der Waals surface area contributed by atoms with E-state index in [-0.39, 0.29) is 6.10 Å². The second kappa shape index (κ2) is 4.04. The first-order valence-corrected chi connectivity index (χ1v) is 6.08. The minimum atomic E-state index is -0.274. The van der Waals surface area contributed by atoms with Crippen molar-refractivity contribution in [2.45, 2.75) is 31.9 Å². The molecule has 0 aromatic carbocycles. The largest absolute Gasteiger partial charge is 0.388 e. The Kier molecular flexibility index (Phi) is 2.52. The molecule has 0 spiro atoms. The van der Waals surface area contributed by atoms with E-state index >= 15 is 0 Å². The van der Waals surface area contributed by atoms with Crippen molar-refractivity contribution in [1.82, 2.24) is 14.3 Å². The molecule has 2 heterocycles. The van der Waals surface area contributed by atoms with Crippen LogP contribution in [0, 0.1) is 0 Å². The van der Waals surface area contributed by atoms with Crippen molar-refractivity contribution >= 4 is 0 Å². The third kappa shape index (κ3) is 1.89. The van der Waals surface area contributed by atoms with Crippen LogP contribution in [0.3, 0.4) is 0 Å². The molecule has 1 aliphatic rings. The Balaban J connectivity index is 1.89. The molecule has 4 heteroatoms. The maximum Gasteiger partial charge on any atom is 0.0821 e. The molecule has 1 unspecified atom stereocenters. The van der Waals surface area contributed by atoms with Crippen molar-refractivity contribution in [3.8, 4) is 0 Å². The topological polar surface area (TPSA) is 43.0 Å². The zero-order valence-corrected chi connectivity index (χ0v) is 10.0. The van der Waals surface area contributed by atoms with Gasteiger partial charge in [0.25, 0.3) is 0 Å². The Morgan fingerprint density at radius 3 is 3.06 bits per heavy atom. The Morgan fingerprint density at radius 2 is 2.29 bits per heavy atom. The van der Waals surface area contributed by atoms with Crippen molar-refractivity contribution in [3.05, 3.63) is 41.5 Å². The first-order chi connectivity index (χ1) is 8.24. The first-order valence-electron chi connectivity index (χ1n) is 6.08. The average Bonchev–Trinajstić information content (AvgIpc) is 2.88. The average molecular weight is 231 g/mol. The molecule has 4 nitrogen and oxygen atoms in total. The molecular formula is C13H17N3O. The lowest BCUT2D eigenvalue weighted by Crippen LogP contribution is -2.12. The Morgan fingerprint density at radius 1 is 1.41 bits per heavy atom. The fourth-order valence-corrected chi connectivity index (χ4v) is 2.60. The summed E-state index contributed by atoms with van der Waals surface area (Å²) in [6.45, 7) is 0.795. The number of hydrogen-bond acceptors (Lipinski definition) is 2. The zero-order valence-electron chi connectivity index (χ0n) is 10.0. The van der Waals surface area contributed by atoms with E-state index in [0.29, 0.717) is 0 Å². The molecule has 3 rings (SSSR count). The molecule has 0 radical (unpaired) electrons. The normalized spacial score (nSPS) is 19.3. The lowest BCUT2D eigenvalue weighted by atomic mass is 9.95. The summed E-state index contributed by atoms with van der Waals surface area (Å²) in [5.41, 5.74) is 3.44. The van der Waals surface area contributed by atoms with Gasteiger partial charge in [0.2, 0.25) is 0 Å². The fraction of sp³-hybridized carbons (Fsp3) is 0.462. The molecule has 0 saturated heterocycles. The second-order valence-corrected chi connectivity index (χ2v) is 4.73. The molecule has 0 bridgehead atoms. The monoisotopic (exact) mass is 231 g/mol. The quantitative estimate of drug-likeness (QED) is 0.853. The van der Waals surface area contributed by atoms with Gasteiger partial charge in [-0.25, -0.2) is 0 Å². The van der Waals surface area contributed by atoms with Gasteiger partial charge in [-0.2, -0.15) is 5.10 Å². The van der Waals surface area contributed by atoms with Crippen LogP contribution < -0.4 is 0 Å². The minimum absolute atomic E-state index is 0.274. The minimum Gasteiger partial charge on any atom is -0.388 e. The predicted octanol–water partition coefficient (Wildman–Crippen LogP) is 1.64. The summed E-state index contributed by atoms with van der Waals surface area (Å²) in [6.07, 6.45) is 6.77. The molecule has 0 aliphatic heterocycles. The van der Waals surface area contributed by atoms with Crippen molar-refractivity contribution in [3.63, 3.8) is 0 Å². The van der Waals surface area contributed by atoms with Gasteiger partial charge in [0.1, 0.15) is 0 Å². The number of nitrogens with zero attached hydrogens (tertiary/aromatic N) is 3. The van der Waals surface area contributed by atoms with E-state index in [0.717, 1.165) is 37.1 Å². The van der Waals surface area contributed by atoms with Gasteiger partial charge in [0, 0.05) is 30.7 Å². The molecule has 17 heavy (non-hydrogen) atoms. The van der Waals surface area contributed by atoms with Gasteiger partial charge in [0.05, 0.1) is 18.3 Å². The van der Waals surface area contributed by atoms with Gasteiger partial charge in [-0.05, 0) is 31.4 Å². The number of rotatable bonds is 2. The number of fused-ring (bicyclic) bond motifs is 1. The standard InChI is InChI=1S/C13H17N3O/c1-15-7-5-10(14-15)9-16-8-6-11-12(16)3-2-4-13(11)17/h5-8,13,17H,2-4,9H2,1H3. The van der Waals surface area contributed by atoms with Crippen molar-refractivity contribution in [2.75, 3.05) is 0 Å². The van der Waals surface area contributed by atoms with Crippen LogP contribution in [0.1, 0.15) is 35.9 Å². The van der Waals surface area contributed by atoms with E-state index in [1.54, 1.807) is 0 Å². The number of aromatic nitrogens is 3. The molecule has 2 aromatic rings. The maximum atomic E-state index is 9.91. The molecule has 2 aromatic heterocycles. The molecule has 90 valence electrons. The van der Waals surface area contributed by atoms with Gasteiger partial charge < -0.3 is 9.67 Å². The van der Waals surface area contributed by atoms with E-state index in [4.69, 9.17) is 0 Å². The number of hydrogen-bond donors (Lipinski definition) is 1. The Bertz CT molecular complexity index is 527. The van der Waals surface area contributed by atoms with Crippen molar-refractivity contribution < 1.29 is 5.11 Å². The Hall–Kier alpha value is -1.55. The van der Waals surface area contributed by atoms with Gasteiger partial charge in [-0.1, -0.05) is 0 Å². The number of aliphatic hydroxyl groups is 1. The summed E-state index contributed by atoms with van der Waals surface area (Å²) in [6, 6.07) is 4.08. The molecule has 0 saturated carbocycles. The number of aryl methyl sites for hydroxylation is 1. The highest BCUT2D eigenvalue weighted by atomic mass is 16.3. The Labute approximate surface area is 100 Å². The summed E-state index contributed by atoms with van der Waals surface area (Å²) in [7, 11) is 1.93. The van der Waals surface area contributed by atoms with Crippen LogP contribution in [0.15, 0.2) is 24.5 Å². The smallest absolute Gasteiger partial charge is 0.0821 e. The summed E-state index contributed by atoms with van der Waals surface area (Å²) >= 11 is 0. The highest BCUT2D eigenvalue weighted by Gasteiger charge is 2.21. The summed E-state index contributed by atoms with van der Waals surface area (Å²) < 4.78 is 4.03. The van der Waals surface area contributed by atoms with E-state index < -0.39 is 0 Å². The highest BCUT2D eigenvalue weighted by molar-refractivity contribution is 5.28. The van der Waals surface area contributed by atoms with Crippen LogP contribution in [-0.4, -0.2) is 19.5 Å². The second-order valence-electron chi connectivity index (χ2n) is 4.73. The molecule has 1 N–H and O–H groups in total. The lowest BCUT2D eigenvalue weighted by Gasteiger charge is -2.19. The summed E-state index contributed by atoms with van der Waals surface area (Å²) in [4.78, 5) is 0. The van der Waals surface area contributed by atoms with E-state index in [1.807, 2.05) is 30.1 Å². The molecular weight excluding hydrogens is 214 g/mol. The van der Waals surface area contributed by atoms with Crippen LogP contribution in [0.5, 0.6) is 0 Å². The molecule has 1 atom stereocenters. The van der Waals surface area contributed by atoms with E-state index in [9.17, 15) is 5.11 Å². The van der Waals surface area contributed by atoms with Crippen LogP contribution in [0.2, 0.25) is 0 Å². The van der Waals surface area contributed by atoms with Crippen molar-refractivity contribution in [1.29, 1.82) is 0 Å². The zero-order chi connectivity index (χ0) is 11.8. The van der Waals surface area contributed by atoms with Crippen LogP contribution in [0.25, 0.3) is 0 Å². The van der Waals surface area contributed by atoms with Crippen molar-refractivity contribution in [2.24, 2.45) is 7.05 Å². The van der Waals surface area contributed by atoms with Crippen LogP contribution >= 0.6 is 0 Å². The molecule has 1 aliphatic carbocycles. The van der Waals surface area contributed by atoms with E-state index in [2.05, 4.69) is 15.9 Å². The lowest BCUT2D eigenvalue weighted by molar-refractivity contribution is 0.155. The number of aliphatic hydroxyl groups excluding tert-OH is 1. The van der Waals surface area contributed by atoms with Gasteiger partial charge in [-0.15, -0.1) is 0 Å². The van der Waals surface area contributed by atoms with Gasteiger partial charge in [-0.3, -0.25) is 4.68 Å². The SMILES string of the molecule is Cn1ccc(Cn2ccc3c2CCCC3O)n1. The van der Waals surface area contributed by atoms with Gasteiger partial charge >= 0.3 is 0 Å². The first kappa shape index (κ1) is 10.6. The third-order valence-electron chi connectivity index (χ3n) is 3.47. The summed E-state index contributed by atoms with van der Waals surface area (Å²) in [5.74, 6) is 0. The molecule has 0 fully saturated rings. The van der Waals surface area contributed by atoms with Gasteiger partial charge in [0.15, 0.2) is 0 Å². The van der Waals surface area contributed by atoms with E-state index in [1.165, 1.54) is 5.69 Å². The molecule has 0 amide bonds. The highest BCUT2D eigenvalue weighted by Crippen LogP contribution is 2.30. The predicted molar refractivity (Wildman–Crippen MR) is 64.6 cm³/mol. The fourth-order valence-electron chi connectivity index (χ4n) is 2.60.